The quantitative estimate of drug-likeness (QED) is 0.739. The van der Waals surface area contributed by atoms with Gasteiger partial charge >= 0.3 is 0 Å². The number of carbonyl (C=O) groups is 1. The summed E-state index contributed by atoms with van der Waals surface area (Å²) in [6, 6.07) is 0.263. The molecule has 0 spiro atoms. The van der Waals surface area contributed by atoms with Crippen LogP contribution in [0.5, 0.6) is 0 Å². The smallest absolute Gasteiger partial charge is 0.251 e. The number of likely N-dealkylation sites (tertiary alicyclic amines) is 1. The van der Waals surface area contributed by atoms with E-state index in [9.17, 15) is 13.2 Å². The minimum absolute atomic E-state index is 0.00773. The van der Waals surface area contributed by atoms with E-state index in [0.29, 0.717) is 12.1 Å². The summed E-state index contributed by atoms with van der Waals surface area (Å²) in [6.07, 6.45) is 6.16. The SMILES string of the molecule is C[C@@H]1CCCCN1C(=O)C1=CCN(S(C)(=O)=O)C1. The fourth-order valence-corrected chi connectivity index (χ4v) is 3.24. The zero-order valence-corrected chi connectivity index (χ0v) is 11.7. The van der Waals surface area contributed by atoms with Crippen molar-refractivity contribution in [2.45, 2.75) is 32.2 Å². The highest BCUT2D eigenvalue weighted by Crippen LogP contribution is 2.21. The first-order chi connectivity index (χ1) is 8.39. The first kappa shape index (κ1) is 13.5. The molecule has 0 unspecified atom stereocenters. The van der Waals surface area contributed by atoms with E-state index in [2.05, 4.69) is 6.92 Å². The molecule has 1 atom stereocenters. The Balaban J connectivity index is 2.03. The van der Waals surface area contributed by atoms with Crippen molar-refractivity contribution in [1.82, 2.24) is 9.21 Å². The maximum Gasteiger partial charge on any atom is 0.251 e. The molecule has 1 amide bonds. The van der Waals surface area contributed by atoms with Gasteiger partial charge in [-0.1, -0.05) is 6.08 Å². The second-order valence-corrected chi connectivity index (χ2v) is 7.11. The number of rotatable bonds is 2. The molecule has 0 aliphatic carbocycles. The van der Waals surface area contributed by atoms with Crippen LogP contribution in [0.15, 0.2) is 11.6 Å². The number of nitrogens with zero attached hydrogens (tertiary/aromatic N) is 2. The van der Waals surface area contributed by atoms with Crippen LogP contribution in [0.4, 0.5) is 0 Å². The highest BCUT2D eigenvalue weighted by atomic mass is 32.2. The minimum atomic E-state index is -3.20. The predicted octanol–water partition coefficient (Wildman–Crippen LogP) is 0.589. The predicted molar refractivity (Wildman–Crippen MR) is 69.5 cm³/mol. The molecule has 0 N–H and O–H groups in total. The summed E-state index contributed by atoms with van der Waals surface area (Å²) < 4.78 is 24.1. The second-order valence-electron chi connectivity index (χ2n) is 5.13. The molecule has 102 valence electrons. The largest absolute Gasteiger partial charge is 0.336 e. The van der Waals surface area contributed by atoms with E-state index in [-0.39, 0.29) is 18.5 Å². The molecule has 2 aliphatic rings. The number of hydrogen-bond donors (Lipinski definition) is 0. The maximum atomic E-state index is 12.3. The van der Waals surface area contributed by atoms with Gasteiger partial charge in [0.25, 0.3) is 5.91 Å². The van der Waals surface area contributed by atoms with Crippen LogP contribution in [-0.4, -0.2) is 55.5 Å². The standard InChI is InChI=1S/C12H20N2O3S/c1-10-5-3-4-7-14(10)12(15)11-6-8-13(9-11)18(2,16)17/h6,10H,3-5,7-9H2,1-2H3/t10-/m1/s1. The van der Waals surface area contributed by atoms with Crippen molar-refractivity contribution in [2.75, 3.05) is 25.9 Å². The van der Waals surface area contributed by atoms with Crippen molar-refractivity contribution in [2.24, 2.45) is 0 Å². The first-order valence-corrected chi connectivity index (χ1v) is 8.19. The van der Waals surface area contributed by atoms with Crippen molar-refractivity contribution >= 4 is 15.9 Å². The summed E-state index contributed by atoms with van der Waals surface area (Å²) in [5, 5.41) is 0. The van der Waals surface area contributed by atoms with Crippen LogP contribution in [0.1, 0.15) is 26.2 Å². The van der Waals surface area contributed by atoms with E-state index >= 15 is 0 Å². The summed E-state index contributed by atoms with van der Waals surface area (Å²) in [4.78, 5) is 14.2. The normalized spacial score (nSPS) is 26.2. The van der Waals surface area contributed by atoms with Crippen molar-refractivity contribution in [3.8, 4) is 0 Å². The fraction of sp³-hybridized carbons (Fsp3) is 0.750. The minimum Gasteiger partial charge on any atom is -0.336 e. The van der Waals surface area contributed by atoms with Gasteiger partial charge in [0, 0.05) is 31.2 Å². The van der Waals surface area contributed by atoms with Crippen LogP contribution in [-0.2, 0) is 14.8 Å². The molecule has 0 saturated carbocycles. The molecule has 0 aromatic heterocycles. The molecule has 0 radical (unpaired) electrons. The second kappa shape index (κ2) is 5.01. The average Bonchev–Trinajstić information content (AvgIpc) is 2.77. The molecule has 2 heterocycles. The molecule has 6 heteroatoms. The van der Waals surface area contributed by atoms with Gasteiger partial charge in [-0.2, -0.15) is 4.31 Å². The van der Waals surface area contributed by atoms with Crippen LogP contribution in [0.2, 0.25) is 0 Å². The lowest BCUT2D eigenvalue weighted by molar-refractivity contribution is -0.130. The highest BCUT2D eigenvalue weighted by Gasteiger charge is 2.31. The third kappa shape index (κ3) is 2.75. The Bertz CT molecular complexity index is 470. The van der Waals surface area contributed by atoms with Gasteiger partial charge in [0.1, 0.15) is 0 Å². The third-order valence-electron chi connectivity index (χ3n) is 3.70. The zero-order chi connectivity index (χ0) is 13.3. The van der Waals surface area contributed by atoms with E-state index in [1.807, 2.05) is 4.90 Å². The lowest BCUT2D eigenvalue weighted by Crippen LogP contribution is -2.43. The topological polar surface area (TPSA) is 57.7 Å². The van der Waals surface area contributed by atoms with Crippen LogP contribution in [0.3, 0.4) is 0 Å². The molecule has 0 bridgehead atoms. The van der Waals surface area contributed by atoms with Crippen LogP contribution in [0.25, 0.3) is 0 Å². The van der Waals surface area contributed by atoms with Crippen molar-refractivity contribution in [3.05, 3.63) is 11.6 Å². The molecule has 2 rings (SSSR count). The van der Waals surface area contributed by atoms with Gasteiger partial charge in [-0.3, -0.25) is 4.79 Å². The summed E-state index contributed by atoms with van der Waals surface area (Å²) in [6.45, 7) is 3.39. The Morgan fingerprint density at radius 2 is 2.11 bits per heavy atom. The zero-order valence-electron chi connectivity index (χ0n) is 10.9. The van der Waals surface area contributed by atoms with E-state index < -0.39 is 10.0 Å². The number of sulfonamides is 1. The van der Waals surface area contributed by atoms with Gasteiger partial charge in [0.15, 0.2) is 0 Å². The Kier molecular flexibility index (Phi) is 3.77. The van der Waals surface area contributed by atoms with Crippen molar-refractivity contribution in [3.63, 3.8) is 0 Å². The van der Waals surface area contributed by atoms with E-state index in [0.717, 1.165) is 19.4 Å². The molecule has 1 saturated heterocycles. The molecule has 2 aliphatic heterocycles. The molecule has 18 heavy (non-hydrogen) atoms. The van der Waals surface area contributed by atoms with Gasteiger partial charge in [-0.05, 0) is 26.2 Å². The summed E-state index contributed by atoms with van der Waals surface area (Å²) in [5.41, 5.74) is 0.620. The Morgan fingerprint density at radius 3 is 2.67 bits per heavy atom. The summed E-state index contributed by atoms with van der Waals surface area (Å²) >= 11 is 0. The van der Waals surface area contributed by atoms with Gasteiger partial charge in [0.05, 0.1) is 6.26 Å². The highest BCUT2D eigenvalue weighted by molar-refractivity contribution is 7.88. The van der Waals surface area contributed by atoms with Gasteiger partial charge in [-0.25, -0.2) is 8.42 Å². The lowest BCUT2D eigenvalue weighted by Gasteiger charge is -2.33. The van der Waals surface area contributed by atoms with Crippen LogP contribution >= 0.6 is 0 Å². The van der Waals surface area contributed by atoms with Crippen LogP contribution in [0, 0.1) is 0 Å². The van der Waals surface area contributed by atoms with E-state index in [4.69, 9.17) is 0 Å². The fourth-order valence-electron chi connectivity index (χ4n) is 2.52. The summed E-state index contributed by atoms with van der Waals surface area (Å²) in [7, 11) is -3.20. The molecule has 0 aromatic carbocycles. The number of carbonyl (C=O) groups excluding carboxylic acids is 1. The number of piperidine rings is 1. The Labute approximate surface area is 108 Å². The van der Waals surface area contributed by atoms with Crippen molar-refractivity contribution < 1.29 is 13.2 Å². The Morgan fingerprint density at radius 1 is 1.39 bits per heavy atom. The Hall–Kier alpha value is -0.880. The molecule has 5 nitrogen and oxygen atoms in total. The van der Waals surface area contributed by atoms with E-state index in [1.54, 1.807) is 6.08 Å². The molecular weight excluding hydrogens is 252 g/mol. The first-order valence-electron chi connectivity index (χ1n) is 6.34. The maximum absolute atomic E-state index is 12.3. The number of amides is 1. The van der Waals surface area contributed by atoms with E-state index in [1.165, 1.54) is 17.0 Å². The van der Waals surface area contributed by atoms with Gasteiger partial charge in [-0.15, -0.1) is 0 Å². The number of hydrogen-bond acceptors (Lipinski definition) is 3. The third-order valence-corrected chi connectivity index (χ3v) is 4.91. The van der Waals surface area contributed by atoms with Crippen molar-refractivity contribution in [1.29, 1.82) is 0 Å². The monoisotopic (exact) mass is 272 g/mol. The molecular formula is C12H20N2O3S. The lowest BCUT2D eigenvalue weighted by atomic mass is 10.0. The molecule has 0 aromatic rings. The van der Waals surface area contributed by atoms with Gasteiger partial charge < -0.3 is 4.90 Å². The average molecular weight is 272 g/mol. The molecule has 1 fully saturated rings. The van der Waals surface area contributed by atoms with Crippen LogP contribution < -0.4 is 0 Å². The summed E-state index contributed by atoms with van der Waals surface area (Å²) in [5.74, 6) is 0.00773. The van der Waals surface area contributed by atoms with Gasteiger partial charge in [0.2, 0.25) is 10.0 Å².